The summed E-state index contributed by atoms with van der Waals surface area (Å²) in [6.07, 6.45) is 1.97. The Kier molecular flexibility index (Phi) is 8.98. The third kappa shape index (κ3) is 7.02. The molecule has 1 aliphatic rings. The first kappa shape index (κ1) is 25.2. The predicted molar refractivity (Wildman–Crippen MR) is 128 cm³/mol. The fourth-order valence-corrected chi connectivity index (χ4v) is 4.34. The molecule has 3 amide bonds. The zero-order valence-corrected chi connectivity index (χ0v) is 19.5. The van der Waals surface area contributed by atoms with Crippen molar-refractivity contribution in [2.45, 2.75) is 38.8 Å². The molecule has 182 valence electrons. The van der Waals surface area contributed by atoms with Gasteiger partial charge in [0.15, 0.2) is 0 Å². The summed E-state index contributed by atoms with van der Waals surface area (Å²) in [6.45, 7) is 2.83. The van der Waals surface area contributed by atoms with Gasteiger partial charge >= 0.3 is 5.97 Å². The zero-order valence-electron chi connectivity index (χ0n) is 19.5. The summed E-state index contributed by atoms with van der Waals surface area (Å²) in [5, 5.41) is 16.1. The van der Waals surface area contributed by atoms with Crippen molar-refractivity contribution in [3.05, 3.63) is 48.0 Å². The smallest absolute Gasteiger partial charge is 0.322 e. The maximum Gasteiger partial charge on any atom is 0.322 e. The van der Waals surface area contributed by atoms with Gasteiger partial charge in [-0.2, -0.15) is 0 Å². The lowest BCUT2D eigenvalue weighted by atomic mass is 10.0. The number of carbonyl (C=O) groups is 4. The number of likely N-dealkylation sites (tertiary alicyclic amines) is 1. The van der Waals surface area contributed by atoms with Crippen LogP contribution in [0.25, 0.3) is 10.8 Å². The van der Waals surface area contributed by atoms with Crippen molar-refractivity contribution in [2.24, 2.45) is 0 Å². The van der Waals surface area contributed by atoms with Gasteiger partial charge in [-0.1, -0.05) is 49.4 Å². The molecule has 1 fully saturated rings. The normalized spacial score (nSPS) is 15.5. The number of fused-ring (bicyclic) bond motifs is 1. The van der Waals surface area contributed by atoms with Crippen LogP contribution in [0.4, 0.5) is 0 Å². The molecule has 1 heterocycles. The zero-order chi connectivity index (χ0) is 24.5. The van der Waals surface area contributed by atoms with Gasteiger partial charge in [0.05, 0.1) is 13.1 Å². The molecule has 2 aromatic carbocycles. The second kappa shape index (κ2) is 12.1. The predicted octanol–water partition coefficient (Wildman–Crippen LogP) is 1.36. The standard InChI is InChI=1S/C25H32N4O5/c1-2-22(30)26-13-24(32)29-12-6-10-20(29)16-28(17-23(31)27-14-25(33)34)15-19-9-5-8-18-7-3-4-11-21(18)19/h3-5,7-9,11,20H,2,6,10,12-17H2,1H3,(H,26,30)(H,27,31)(H,33,34)/t20-/m0/s1. The molecule has 34 heavy (non-hydrogen) atoms. The van der Waals surface area contributed by atoms with Gasteiger partial charge in [0.1, 0.15) is 6.54 Å². The van der Waals surface area contributed by atoms with Crippen molar-refractivity contribution in [1.82, 2.24) is 20.4 Å². The first-order valence-electron chi connectivity index (χ1n) is 11.6. The Labute approximate surface area is 199 Å². The maximum atomic E-state index is 12.7. The SMILES string of the molecule is CCC(=O)NCC(=O)N1CCC[C@H]1CN(CC(=O)NCC(=O)O)Cc1cccc2ccccc12. The van der Waals surface area contributed by atoms with Crippen molar-refractivity contribution in [2.75, 3.05) is 32.7 Å². The van der Waals surface area contributed by atoms with E-state index in [9.17, 15) is 19.2 Å². The molecular formula is C25H32N4O5. The summed E-state index contributed by atoms with van der Waals surface area (Å²) in [5.74, 6) is -1.79. The van der Waals surface area contributed by atoms with Crippen LogP contribution < -0.4 is 10.6 Å². The second-order valence-electron chi connectivity index (χ2n) is 8.49. The lowest BCUT2D eigenvalue weighted by molar-refractivity contribution is -0.138. The third-order valence-electron chi connectivity index (χ3n) is 6.00. The van der Waals surface area contributed by atoms with Crippen LogP contribution in [0.1, 0.15) is 31.7 Å². The van der Waals surface area contributed by atoms with Crippen molar-refractivity contribution in [3.8, 4) is 0 Å². The molecule has 0 aliphatic carbocycles. The van der Waals surface area contributed by atoms with E-state index in [-0.39, 0.29) is 36.9 Å². The number of amides is 3. The minimum absolute atomic E-state index is 0.0155. The average molecular weight is 469 g/mol. The molecular weight excluding hydrogens is 436 g/mol. The van der Waals surface area contributed by atoms with E-state index < -0.39 is 12.5 Å². The highest BCUT2D eigenvalue weighted by Gasteiger charge is 2.30. The van der Waals surface area contributed by atoms with Gasteiger partial charge in [0, 0.05) is 32.1 Å². The molecule has 1 saturated heterocycles. The van der Waals surface area contributed by atoms with Gasteiger partial charge in [0.2, 0.25) is 17.7 Å². The van der Waals surface area contributed by atoms with E-state index >= 15 is 0 Å². The molecule has 9 nitrogen and oxygen atoms in total. The first-order chi connectivity index (χ1) is 16.4. The molecule has 3 rings (SSSR count). The van der Waals surface area contributed by atoms with Crippen molar-refractivity contribution in [3.63, 3.8) is 0 Å². The number of nitrogens with zero attached hydrogens (tertiary/aromatic N) is 2. The van der Waals surface area contributed by atoms with Gasteiger partial charge < -0.3 is 20.6 Å². The van der Waals surface area contributed by atoms with E-state index in [0.717, 1.165) is 29.2 Å². The molecule has 1 atom stereocenters. The molecule has 1 aliphatic heterocycles. The number of carbonyl (C=O) groups excluding carboxylic acids is 3. The summed E-state index contributed by atoms with van der Waals surface area (Å²) < 4.78 is 0. The van der Waals surface area contributed by atoms with Crippen molar-refractivity contribution < 1.29 is 24.3 Å². The summed E-state index contributed by atoms with van der Waals surface area (Å²) in [7, 11) is 0. The van der Waals surface area contributed by atoms with E-state index in [0.29, 0.717) is 26.1 Å². The van der Waals surface area contributed by atoms with Crippen LogP contribution in [-0.2, 0) is 25.7 Å². The Morgan fingerprint density at radius 2 is 1.76 bits per heavy atom. The molecule has 0 bridgehead atoms. The minimum atomic E-state index is -1.10. The number of aliphatic carboxylic acids is 1. The molecule has 0 unspecified atom stereocenters. The van der Waals surface area contributed by atoms with Crippen LogP contribution in [0, 0.1) is 0 Å². The molecule has 0 saturated carbocycles. The van der Waals surface area contributed by atoms with Crippen molar-refractivity contribution in [1.29, 1.82) is 0 Å². The highest BCUT2D eigenvalue weighted by molar-refractivity contribution is 5.86. The molecule has 9 heteroatoms. The highest BCUT2D eigenvalue weighted by Crippen LogP contribution is 2.23. The molecule has 0 radical (unpaired) electrons. The van der Waals surface area contributed by atoms with Gasteiger partial charge in [0.25, 0.3) is 0 Å². The first-order valence-corrected chi connectivity index (χ1v) is 11.6. The molecule has 0 aromatic heterocycles. The average Bonchev–Trinajstić information content (AvgIpc) is 3.29. The quantitative estimate of drug-likeness (QED) is 0.458. The molecule has 2 aromatic rings. The van der Waals surface area contributed by atoms with E-state index in [1.807, 2.05) is 47.4 Å². The lowest BCUT2D eigenvalue weighted by Gasteiger charge is -2.31. The van der Waals surface area contributed by atoms with Crippen LogP contribution >= 0.6 is 0 Å². The summed E-state index contributed by atoms with van der Waals surface area (Å²) in [5.41, 5.74) is 1.05. The monoisotopic (exact) mass is 468 g/mol. The van der Waals surface area contributed by atoms with Gasteiger partial charge in [-0.05, 0) is 29.2 Å². The van der Waals surface area contributed by atoms with Gasteiger partial charge in [-0.3, -0.25) is 24.1 Å². The molecule has 3 N–H and O–H groups in total. The number of hydrogen-bond acceptors (Lipinski definition) is 5. The Morgan fingerprint density at radius 3 is 2.53 bits per heavy atom. The number of benzene rings is 2. The van der Waals surface area contributed by atoms with Crippen LogP contribution in [-0.4, -0.2) is 77.4 Å². The Hall–Kier alpha value is -3.46. The fraction of sp³-hybridized carbons (Fsp3) is 0.440. The maximum absolute atomic E-state index is 12.7. The summed E-state index contributed by atoms with van der Waals surface area (Å²) >= 11 is 0. The Morgan fingerprint density at radius 1 is 1.03 bits per heavy atom. The fourth-order valence-electron chi connectivity index (χ4n) is 4.34. The van der Waals surface area contributed by atoms with E-state index in [1.54, 1.807) is 11.8 Å². The highest BCUT2D eigenvalue weighted by atomic mass is 16.4. The minimum Gasteiger partial charge on any atom is -0.480 e. The van der Waals surface area contributed by atoms with Gasteiger partial charge in [-0.15, -0.1) is 0 Å². The Bertz CT molecular complexity index is 1040. The number of carboxylic acids is 1. The number of hydrogen-bond donors (Lipinski definition) is 3. The lowest BCUT2D eigenvalue weighted by Crippen LogP contribution is -2.48. The van der Waals surface area contributed by atoms with E-state index in [1.165, 1.54) is 0 Å². The van der Waals surface area contributed by atoms with Crippen LogP contribution in [0.15, 0.2) is 42.5 Å². The Balaban J connectivity index is 1.74. The summed E-state index contributed by atoms with van der Waals surface area (Å²) in [6, 6.07) is 13.9. The van der Waals surface area contributed by atoms with Crippen LogP contribution in [0.2, 0.25) is 0 Å². The third-order valence-corrected chi connectivity index (χ3v) is 6.00. The number of nitrogens with one attached hydrogen (secondary N) is 2. The van der Waals surface area contributed by atoms with E-state index in [4.69, 9.17) is 5.11 Å². The summed E-state index contributed by atoms with van der Waals surface area (Å²) in [4.78, 5) is 51.4. The topological polar surface area (TPSA) is 119 Å². The largest absolute Gasteiger partial charge is 0.480 e. The van der Waals surface area contributed by atoms with E-state index in [2.05, 4.69) is 10.6 Å². The second-order valence-corrected chi connectivity index (χ2v) is 8.49. The number of carboxylic acid groups (broad SMARTS) is 1. The van der Waals surface area contributed by atoms with Crippen LogP contribution in [0.3, 0.4) is 0 Å². The van der Waals surface area contributed by atoms with Gasteiger partial charge in [-0.25, -0.2) is 0 Å². The molecule has 0 spiro atoms. The van der Waals surface area contributed by atoms with Crippen molar-refractivity contribution >= 4 is 34.5 Å². The van der Waals surface area contributed by atoms with Crippen LogP contribution in [0.5, 0.6) is 0 Å². The number of rotatable bonds is 11.